The maximum Gasteiger partial charge on any atom is 0.0236 e. The van der Waals surface area contributed by atoms with Crippen LogP contribution in [0, 0.1) is 5.92 Å². The molecule has 1 aromatic carbocycles. The first-order chi connectivity index (χ1) is 7.81. The number of halogens is 1. The molecule has 1 aromatic rings. The summed E-state index contributed by atoms with van der Waals surface area (Å²) in [7, 11) is 0. The topological polar surface area (TPSA) is 3.24 Å². The van der Waals surface area contributed by atoms with Gasteiger partial charge < -0.3 is 0 Å². The maximum atomic E-state index is 3.55. The van der Waals surface area contributed by atoms with Gasteiger partial charge in [0.25, 0.3) is 0 Å². The summed E-state index contributed by atoms with van der Waals surface area (Å²) < 4.78 is 1.22. The summed E-state index contributed by atoms with van der Waals surface area (Å²) in [5.41, 5.74) is 3.08. The van der Waals surface area contributed by atoms with Crippen LogP contribution in [0.3, 0.4) is 0 Å². The second kappa shape index (κ2) is 4.50. The molecule has 0 spiro atoms. The molecule has 0 atom stereocenters. The quantitative estimate of drug-likeness (QED) is 0.800. The Morgan fingerprint density at radius 3 is 2.88 bits per heavy atom. The van der Waals surface area contributed by atoms with E-state index < -0.39 is 0 Å². The molecule has 0 aromatic heterocycles. The van der Waals surface area contributed by atoms with Crippen LogP contribution in [0.4, 0.5) is 0 Å². The van der Waals surface area contributed by atoms with Crippen LogP contribution in [0.2, 0.25) is 0 Å². The van der Waals surface area contributed by atoms with Crippen molar-refractivity contribution in [1.29, 1.82) is 0 Å². The van der Waals surface area contributed by atoms with E-state index in [1.165, 1.54) is 55.4 Å². The van der Waals surface area contributed by atoms with Crippen molar-refractivity contribution in [2.45, 2.75) is 32.2 Å². The van der Waals surface area contributed by atoms with E-state index >= 15 is 0 Å². The SMILES string of the molecule is Brc1ccc2c(c1)CCN(CC1CCC1)C2. The van der Waals surface area contributed by atoms with E-state index in [0.717, 1.165) is 5.92 Å². The van der Waals surface area contributed by atoms with E-state index in [0.29, 0.717) is 0 Å². The van der Waals surface area contributed by atoms with Gasteiger partial charge in [0, 0.05) is 24.1 Å². The molecule has 1 aliphatic heterocycles. The van der Waals surface area contributed by atoms with E-state index in [1.807, 2.05) is 0 Å². The summed E-state index contributed by atoms with van der Waals surface area (Å²) in [6.07, 6.45) is 5.61. The number of hydrogen-bond donors (Lipinski definition) is 0. The fourth-order valence-electron chi connectivity index (χ4n) is 2.78. The van der Waals surface area contributed by atoms with Gasteiger partial charge in [-0.2, -0.15) is 0 Å². The molecule has 1 saturated carbocycles. The van der Waals surface area contributed by atoms with Crippen LogP contribution in [0.25, 0.3) is 0 Å². The van der Waals surface area contributed by atoms with E-state index in [9.17, 15) is 0 Å². The summed E-state index contributed by atoms with van der Waals surface area (Å²) in [6, 6.07) is 6.74. The van der Waals surface area contributed by atoms with Crippen molar-refractivity contribution < 1.29 is 0 Å². The number of fused-ring (bicyclic) bond motifs is 1. The average Bonchev–Trinajstić information content (AvgIpc) is 2.23. The number of rotatable bonds is 2. The summed E-state index contributed by atoms with van der Waals surface area (Å²) in [5.74, 6) is 0.997. The lowest BCUT2D eigenvalue weighted by Gasteiger charge is -2.35. The Hall–Kier alpha value is -0.340. The highest BCUT2D eigenvalue weighted by atomic mass is 79.9. The van der Waals surface area contributed by atoms with E-state index in [1.54, 1.807) is 5.56 Å². The minimum Gasteiger partial charge on any atom is -0.298 e. The van der Waals surface area contributed by atoms with E-state index in [4.69, 9.17) is 0 Å². The fraction of sp³-hybridized carbons (Fsp3) is 0.571. The highest BCUT2D eigenvalue weighted by Crippen LogP contribution is 2.29. The molecule has 0 unspecified atom stereocenters. The predicted octanol–water partition coefficient (Wildman–Crippen LogP) is 3.61. The molecule has 1 fully saturated rings. The summed E-state index contributed by atoms with van der Waals surface area (Å²) >= 11 is 3.55. The summed E-state index contributed by atoms with van der Waals surface area (Å²) in [6.45, 7) is 3.74. The van der Waals surface area contributed by atoms with Gasteiger partial charge >= 0.3 is 0 Å². The van der Waals surface area contributed by atoms with Crippen LogP contribution in [0.1, 0.15) is 30.4 Å². The zero-order valence-corrected chi connectivity index (χ0v) is 11.2. The van der Waals surface area contributed by atoms with E-state index in [2.05, 4.69) is 39.0 Å². The third kappa shape index (κ3) is 2.18. The van der Waals surface area contributed by atoms with Crippen LogP contribution in [-0.2, 0) is 13.0 Å². The molecule has 2 heteroatoms. The Morgan fingerprint density at radius 1 is 1.25 bits per heavy atom. The monoisotopic (exact) mass is 279 g/mol. The highest BCUT2D eigenvalue weighted by molar-refractivity contribution is 9.10. The van der Waals surface area contributed by atoms with Gasteiger partial charge in [-0.1, -0.05) is 28.4 Å². The summed E-state index contributed by atoms with van der Waals surface area (Å²) in [5, 5.41) is 0. The first-order valence-corrected chi connectivity index (χ1v) is 7.10. The lowest BCUT2D eigenvalue weighted by Crippen LogP contribution is -2.36. The van der Waals surface area contributed by atoms with Gasteiger partial charge in [0.05, 0.1) is 0 Å². The normalized spacial score (nSPS) is 21.6. The van der Waals surface area contributed by atoms with Crippen molar-refractivity contribution in [3.8, 4) is 0 Å². The Balaban J connectivity index is 1.68. The van der Waals surface area contributed by atoms with E-state index in [-0.39, 0.29) is 0 Å². The third-order valence-corrected chi connectivity index (χ3v) is 4.49. The Morgan fingerprint density at radius 2 is 2.12 bits per heavy atom. The van der Waals surface area contributed by atoms with Gasteiger partial charge in [-0.3, -0.25) is 4.90 Å². The Bertz CT molecular complexity index is 384. The lowest BCUT2D eigenvalue weighted by molar-refractivity contribution is 0.166. The fourth-order valence-corrected chi connectivity index (χ4v) is 3.18. The number of benzene rings is 1. The van der Waals surface area contributed by atoms with Crippen molar-refractivity contribution in [3.05, 3.63) is 33.8 Å². The summed E-state index contributed by atoms with van der Waals surface area (Å²) in [4.78, 5) is 2.64. The molecule has 16 heavy (non-hydrogen) atoms. The van der Waals surface area contributed by atoms with Crippen molar-refractivity contribution in [3.63, 3.8) is 0 Å². The smallest absolute Gasteiger partial charge is 0.0236 e. The van der Waals surface area contributed by atoms with Crippen LogP contribution in [0.5, 0.6) is 0 Å². The maximum absolute atomic E-state index is 3.55. The van der Waals surface area contributed by atoms with Gasteiger partial charge in [-0.05, 0) is 48.4 Å². The Kier molecular flexibility index (Phi) is 3.03. The van der Waals surface area contributed by atoms with Crippen LogP contribution in [-0.4, -0.2) is 18.0 Å². The second-order valence-electron chi connectivity index (χ2n) is 5.20. The Labute approximate surface area is 106 Å². The van der Waals surface area contributed by atoms with Gasteiger partial charge in [0.1, 0.15) is 0 Å². The molecular formula is C14H18BrN. The number of hydrogen-bond acceptors (Lipinski definition) is 1. The van der Waals surface area contributed by atoms with Crippen molar-refractivity contribution in [2.24, 2.45) is 5.92 Å². The minimum atomic E-state index is 0.997. The molecule has 1 aliphatic carbocycles. The predicted molar refractivity (Wildman–Crippen MR) is 70.5 cm³/mol. The molecule has 0 amide bonds. The standard InChI is InChI=1S/C14H18BrN/c15-14-5-4-13-10-16(7-6-12(13)8-14)9-11-2-1-3-11/h4-5,8,11H,1-3,6-7,9-10H2. The largest absolute Gasteiger partial charge is 0.298 e. The molecule has 0 saturated heterocycles. The third-order valence-electron chi connectivity index (χ3n) is 4.00. The number of nitrogens with zero attached hydrogens (tertiary/aromatic N) is 1. The van der Waals surface area contributed by atoms with Crippen molar-refractivity contribution in [2.75, 3.05) is 13.1 Å². The first kappa shape index (κ1) is 10.8. The molecule has 3 rings (SSSR count). The minimum absolute atomic E-state index is 0.997. The van der Waals surface area contributed by atoms with Crippen molar-refractivity contribution in [1.82, 2.24) is 4.90 Å². The van der Waals surface area contributed by atoms with Gasteiger partial charge in [0.15, 0.2) is 0 Å². The molecule has 1 heterocycles. The van der Waals surface area contributed by atoms with Crippen LogP contribution < -0.4 is 0 Å². The molecule has 1 nitrogen and oxygen atoms in total. The molecule has 86 valence electrons. The molecule has 0 bridgehead atoms. The lowest BCUT2D eigenvalue weighted by atomic mass is 9.84. The first-order valence-electron chi connectivity index (χ1n) is 6.31. The van der Waals surface area contributed by atoms with Gasteiger partial charge in [-0.25, -0.2) is 0 Å². The van der Waals surface area contributed by atoms with Crippen LogP contribution >= 0.6 is 15.9 Å². The van der Waals surface area contributed by atoms with Gasteiger partial charge in [0.2, 0.25) is 0 Å². The highest BCUT2D eigenvalue weighted by Gasteiger charge is 2.23. The molecule has 0 N–H and O–H groups in total. The van der Waals surface area contributed by atoms with Crippen molar-refractivity contribution >= 4 is 15.9 Å². The average molecular weight is 280 g/mol. The molecule has 2 aliphatic rings. The second-order valence-corrected chi connectivity index (χ2v) is 6.11. The van der Waals surface area contributed by atoms with Gasteiger partial charge in [-0.15, -0.1) is 0 Å². The molecule has 0 radical (unpaired) electrons. The molecular weight excluding hydrogens is 262 g/mol. The van der Waals surface area contributed by atoms with Crippen LogP contribution in [0.15, 0.2) is 22.7 Å². The zero-order chi connectivity index (χ0) is 11.0. The zero-order valence-electron chi connectivity index (χ0n) is 9.58.